The van der Waals surface area contributed by atoms with Crippen LogP contribution in [0.4, 0.5) is 13.2 Å². The molecule has 0 bridgehead atoms. The van der Waals surface area contributed by atoms with Gasteiger partial charge >= 0.3 is 6.18 Å². The average Bonchev–Trinajstić information content (AvgIpc) is 2.16. The van der Waals surface area contributed by atoms with E-state index in [-0.39, 0.29) is 0 Å². The Hall–Kier alpha value is -1.58. The Balaban J connectivity index is 2.63. The number of alkyl halides is 3. The molecule has 0 spiro atoms. The number of pyridine rings is 1. The van der Waals surface area contributed by atoms with Gasteiger partial charge in [-0.25, -0.2) is 0 Å². The van der Waals surface area contributed by atoms with Crippen LogP contribution < -0.4 is 0 Å². The van der Waals surface area contributed by atoms with E-state index in [0.29, 0.717) is 10.8 Å². The highest BCUT2D eigenvalue weighted by Gasteiger charge is 2.30. The summed E-state index contributed by atoms with van der Waals surface area (Å²) in [6.45, 7) is 0. The van der Waals surface area contributed by atoms with E-state index in [4.69, 9.17) is 0 Å². The first-order chi connectivity index (χ1) is 6.57. The van der Waals surface area contributed by atoms with Gasteiger partial charge in [-0.05, 0) is 23.6 Å². The second kappa shape index (κ2) is 2.97. The summed E-state index contributed by atoms with van der Waals surface area (Å²) in [5.41, 5.74) is -0.649. The summed E-state index contributed by atoms with van der Waals surface area (Å²) >= 11 is 0. The van der Waals surface area contributed by atoms with Crippen LogP contribution in [0.5, 0.6) is 0 Å². The maximum Gasteiger partial charge on any atom is 0.416 e. The zero-order valence-electron chi connectivity index (χ0n) is 6.97. The summed E-state index contributed by atoms with van der Waals surface area (Å²) in [5.74, 6) is 0. The molecule has 0 atom stereocenters. The van der Waals surface area contributed by atoms with Crippen molar-refractivity contribution in [1.29, 1.82) is 0 Å². The number of aromatic nitrogens is 1. The molecule has 0 amide bonds. The van der Waals surface area contributed by atoms with E-state index in [1.54, 1.807) is 0 Å². The number of nitrogens with zero attached hydrogens (tertiary/aromatic N) is 1. The summed E-state index contributed by atoms with van der Waals surface area (Å²) in [6.07, 6.45) is -0.316. The van der Waals surface area contributed by atoms with Crippen molar-refractivity contribution in [3.63, 3.8) is 0 Å². The van der Waals surface area contributed by atoms with E-state index in [0.717, 1.165) is 12.1 Å². The minimum atomic E-state index is -4.29. The van der Waals surface area contributed by atoms with Crippen molar-refractivity contribution in [2.24, 2.45) is 0 Å². The smallest absolute Gasteiger partial charge is 0.254 e. The normalized spacial score (nSPS) is 11.9. The zero-order valence-corrected chi connectivity index (χ0v) is 6.97. The minimum Gasteiger partial charge on any atom is -0.254 e. The fraction of sp³-hybridized carbons (Fsp3) is 0.100. The highest BCUT2D eigenvalue weighted by molar-refractivity contribution is 5.82. The molecule has 1 aromatic carbocycles. The molecule has 1 heterocycles. The molecular weight excluding hydrogens is 191 g/mol. The van der Waals surface area contributed by atoms with Crippen molar-refractivity contribution in [3.05, 3.63) is 42.2 Å². The molecule has 0 unspecified atom stereocenters. The first-order valence-electron chi connectivity index (χ1n) is 3.90. The van der Waals surface area contributed by atoms with Gasteiger partial charge in [0.25, 0.3) is 0 Å². The molecule has 1 radical (unpaired) electrons. The number of benzene rings is 1. The molecule has 4 heteroatoms. The quantitative estimate of drug-likeness (QED) is 0.631. The Labute approximate surface area is 78.2 Å². The van der Waals surface area contributed by atoms with Gasteiger partial charge in [0.2, 0.25) is 0 Å². The lowest BCUT2D eigenvalue weighted by Gasteiger charge is -2.06. The highest BCUT2D eigenvalue weighted by atomic mass is 19.4. The van der Waals surface area contributed by atoms with Crippen molar-refractivity contribution in [1.82, 2.24) is 4.98 Å². The molecule has 0 aliphatic rings. The molecule has 2 rings (SSSR count). The van der Waals surface area contributed by atoms with Crippen LogP contribution in [-0.2, 0) is 6.18 Å². The van der Waals surface area contributed by atoms with Crippen LogP contribution in [0.3, 0.4) is 0 Å². The Bertz CT molecular complexity index is 462. The molecule has 0 aliphatic heterocycles. The molecule has 0 saturated heterocycles. The molecule has 71 valence electrons. The van der Waals surface area contributed by atoms with Crippen molar-refractivity contribution >= 4 is 10.8 Å². The highest BCUT2D eigenvalue weighted by Crippen LogP contribution is 2.30. The lowest BCUT2D eigenvalue weighted by Crippen LogP contribution is -2.04. The first kappa shape index (κ1) is 8.99. The maximum absolute atomic E-state index is 12.3. The van der Waals surface area contributed by atoms with Gasteiger partial charge in [-0.15, -0.1) is 0 Å². The monoisotopic (exact) mass is 196 g/mol. The zero-order chi connectivity index (χ0) is 10.2. The van der Waals surface area contributed by atoms with Gasteiger partial charge in [0.15, 0.2) is 0 Å². The average molecular weight is 196 g/mol. The van der Waals surface area contributed by atoms with E-state index in [9.17, 15) is 13.2 Å². The SMILES string of the molecule is FC(F)(F)c1ccc2cn[c]cc2c1. The topological polar surface area (TPSA) is 12.9 Å². The van der Waals surface area contributed by atoms with Crippen LogP contribution >= 0.6 is 0 Å². The van der Waals surface area contributed by atoms with Crippen molar-refractivity contribution < 1.29 is 13.2 Å². The van der Waals surface area contributed by atoms with Gasteiger partial charge in [-0.2, -0.15) is 13.2 Å². The Morgan fingerprint density at radius 2 is 1.93 bits per heavy atom. The Morgan fingerprint density at radius 3 is 2.64 bits per heavy atom. The lowest BCUT2D eigenvalue weighted by molar-refractivity contribution is -0.137. The van der Waals surface area contributed by atoms with Crippen molar-refractivity contribution in [2.45, 2.75) is 6.18 Å². The van der Waals surface area contributed by atoms with Gasteiger partial charge in [0, 0.05) is 11.6 Å². The van der Waals surface area contributed by atoms with E-state index >= 15 is 0 Å². The van der Waals surface area contributed by atoms with Gasteiger partial charge in [0.05, 0.1) is 11.8 Å². The molecule has 0 fully saturated rings. The summed E-state index contributed by atoms with van der Waals surface area (Å²) < 4.78 is 36.9. The number of rotatable bonds is 0. The molecule has 0 saturated carbocycles. The lowest BCUT2D eigenvalue weighted by atomic mass is 10.1. The largest absolute Gasteiger partial charge is 0.416 e. The summed E-state index contributed by atoms with van der Waals surface area (Å²) in [5, 5.41) is 1.17. The van der Waals surface area contributed by atoms with E-state index in [1.165, 1.54) is 18.3 Å². The molecule has 14 heavy (non-hydrogen) atoms. The predicted molar refractivity (Wildman–Crippen MR) is 45.6 cm³/mol. The van der Waals surface area contributed by atoms with E-state index in [1.807, 2.05) is 0 Å². The number of hydrogen-bond acceptors (Lipinski definition) is 1. The van der Waals surface area contributed by atoms with E-state index < -0.39 is 11.7 Å². The van der Waals surface area contributed by atoms with Gasteiger partial charge in [0.1, 0.15) is 0 Å². The number of hydrogen-bond donors (Lipinski definition) is 0. The van der Waals surface area contributed by atoms with Gasteiger partial charge in [-0.3, -0.25) is 4.98 Å². The Kier molecular flexibility index (Phi) is 1.91. The van der Waals surface area contributed by atoms with E-state index in [2.05, 4.69) is 11.2 Å². The summed E-state index contributed by atoms with van der Waals surface area (Å²) in [6, 6.07) is 4.97. The second-order valence-electron chi connectivity index (χ2n) is 2.87. The Morgan fingerprint density at radius 1 is 1.14 bits per heavy atom. The van der Waals surface area contributed by atoms with Gasteiger partial charge in [-0.1, -0.05) is 6.07 Å². The minimum absolute atomic E-state index is 0.495. The van der Waals surface area contributed by atoms with Crippen LogP contribution in [0.2, 0.25) is 0 Å². The first-order valence-corrected chi connectivity index (χ1v) is 3.90. The fourth-order valence-electron chi connectivity index (χ4n) is 1.21. The molecule has 2 aromatic rings. The third kappa shape index (κ3) is 1.55. The summed E-state index contributed by atoms with van der Waals surface area (Å²) in [7, 11) is 0. The van der Waals surface area contributed by atoms with Crippen LogP contribution in [0.1, 0.15) is 5.56 Å². The standard InChI is InChI=1S/C10H5F3N/c11-10(12,13)9-2-1-8-6-14-4-3-7(8)5-9/h1-3,5-6H. The second-order valence-corrected chi connectivity index (χ2v) is 2.87. The molecular formula is C10H5F3N. The molecule has 0 aliphatic carbocycles. The van der Waals surface area contributed by atoms with Crippen LogP contribution in [0, 0.1) is 6.20 Å². The van der Waals surface area contributed by atoms with Crippen LogP contribution in [-0.4, -0.2) is 4.98 Å². The summed E-state index contributed by atoms with van der Waals surface area (Å²) in [4.78, 5) is 3.70. The predicted octanol–water partition coefficient (Wildman–Crippen LogP) is 3.05. The third-order valence-electron chi connectivity index (χ3n) is 1.91. The molecule has 0 N–H and O–H groups in total. The third-order valence-corrected chi connectivity index (χ3v) is 1.91. The number of fused-ring (bicyclic) bond motifs is 1. The molecule has 1 aromatic heterocycles. The van der Waals surface area contributed by atoms with Crippen molar-refractivity contribution in [3.8, 4) is 0 Å². The molecule has 1 nitrogen and oxygen atoms in total. The van der Waals surface area contributed by atoms with Crippen LogP contribution in [0.15, 0.2) is 30.5 Å². The van der Waals surface area contributed by atoms with Crippen LogP contribution in [0.25, 0.3) is 10.8 Å². The maximum atomic E-state index is 12.3. The number of halogens is 3. The van der Waals surface area contributed by atoms with Gasteiger partial charge < -0.3 is 0 Å². The van der Waals surface area contributed by atoms with Crippen molar-refractivity contribution in [2.75, 3.05) is 0 Å². The fourth-order valence-corrected chi connectivity index (χ4v) is 1.21.